The molecule has 0 spiro atoms. The number of methoxy groups -OCH3 is 1. The molecule has 1 atom stereocenters. The number of rotatable bonds is 5. The predicted octanol–water partition coefficient (Wildman–Crippen LogP) is 1.47. The van der Waals surface area contributed by atoms with Crippen molar-refractivity contribution in [3.05, 3.63) is 11.8 Å². The second-order valence-electron chi connectivity index (χ2n) is 4.83. The van der Waals surface area contributed by atoms with Crippen molar-refractivity contribution in [1.82, 2.24) is 5.43 Å². The first-order valence-electron chi connectivity index (χ1n) is 6.11. The number of ether oxygens (including phenoxy) is 2. The minimum Gasteiger partial charge on any atom is -0.501 e. The van der Waals surface area contributed by atoms with Gasteiger partial charge in [-0.2, -0.15) is 0 Å². The van der Waals surface area contributed by atoms with Crippen LogP contribution in [0.5, 0.6) is 0 Å². The van der Waals surface area contributed by atoms with E-state index in [-0.39, 0.29) is 11.6 Å². The normalized spacial score (nSPS) is 25.2. The first-order chi connectivity index (χ1) is 7.79. The summed E-state index contributed by atoms with van der Waals surface area (Å²) in [4.78, 5) is 0. The summed E-state index contributed by atoms with van der Waals surface area (Å²) >= 11 is 0. The lowest BCUT2D eigenvalue weighted by Crippen LogP contribution is -2.48. The minimum absolute atomic E-state index is 0.0509. The number of nitrogens with one attached hydrogen (secondary N) is 1. The molecular weight excluding hydrogens is 204 g/mol. The minimum atomic E-state index is 0.0509. The Balaban J connectivity index is 1.96. The maximum Gasteiger partial charge on any atom is 0.0876 e. The molecule has 0 radical (unpaired) electrons. The molecular formula is C12H22N2O2. The molecule has 1 unspecified atom stereocenters. The van der Waals surface area contributed by atoms with Crippen LogP contribution in [0.3, 0.4) is 0 Å². The van der Waals surface area contributed by atoms with Crippen LogP contribution in [0.4, 0.5) is 0 Å². The molecule has 2 rings (SSSR count). The number of hydrogen-bond donors (Lipinski definition) is 2. The summed E-state index contributed by atoms with van der Waals surface area (Å²) in [6.45, 7) is 0.830. The van der Waals surface area contributed by atoms with Gasteiger partial charge in [-0.05, 0) is 44.1 Å². The van der Waals surface area contributed by atoms with E-state index in [1.807, 2.05) is 6.26 Å². The lowest BCUT2D eigenvalue weighted by atomic mass is 9.74. The van der Waals surface area contributed by atoms with Gasteiger partial charge in [-0.1, -0.05) is 0 Å². The fourth-order valence-corrected chi connectivity index (χ4v) is 2.57. The zero-order valence-electron chi connectivity index (χ0n) is 10.00. The maximum absolute atomic E-state index is 5.64. The van der Waals surface area contributed by atoms with Gasteiger partial charge in [0.2, 0.25) is 0 Å². The summed E-state index contributed by atoms with van der Waals surface area (Å²) in [5.74, 6) is 5.64. The highest BCUT2D eigenvalue weighted by Crippen LogP contribution is 2.40. The summed E-state index contributed by atoms with van der Waals surface area (Å²) in [6, 6.07) is 0.195. The van der Waals surface area contributed by atoms with E-state index < -0.39 is 0 Å². The van der Waals surface area contributed by atoms with Gasteiger partial charge in [0.25, 0.3) is 0 Å². The first kappa shape index (κ1) is 11.9. The average Bonchev–Trinajstić information content (AvgIpc) is 2.30. The van der Waals surface area contributed by atoms with Crippen molar-refractivity contribution in [1.29, 1.82) is 0 Å². The van der Waals surface area contributed by atoms with Gasteiger partial charge in [0.05, 0.1) is 18.5 Å². The Morgan fingerprint density at radius 1 is 1.56 bits per heavy atom. The van der Waals surface area contributed by atoms with Crippen molar-refractivity contribution in [2.24, 2.45) is 5.84 Å². The smallest absolute Gasteiger partial charge is 0.0876 e. The molecule has 2 aliphatic rings. The van der Waals surface area contributed by atoms with Crippen LogP contribution < -0.4 is 11.3 Å². The molecule has 0 bridgehead atoms. The first-order valence-corrected chi connectivity index (χ1v) is 6.11. The van der Waals surface area contributed by atoms with Crippen LogP contribution in [0, 0.1) is 0 Å². The molecule has 1 aliphatic heterocycles. The van der Waals surface area contributed by atoms with Crippen molar-refractivity contribution >= 4 is 0 Å². The van der Waals surface area contributed by atoms with E-state index in [4.69, 9.17) is 15.3 Å². The zero-order chi connectivity index (χ0) is 11.4. The molecule has 4 nitrogen and oxygen atoms in total. The fourth-order valence-electron chi connectivity index (χ4n) is 2.57. The Bertz CT molecular complexity index is 256. The molecule has 1 aliphatic carbocycles. The third-order valence-corrected chi connectivity index (χ3v) is 3.89. The van der Waals surface area contributed by atoms with Crippen molar-refractivity contribution in [2.75, 3.05) is 13.7 Å². The van der Waals surface area contributed by atoms with Gasteiger partial charge in [0, 0.05) is 13.2 Å². The molecule has 4 heteroatoms. The Morgan fingerprint density at radius 2 is 2.38 bits per heavy atom. The average molecular weight is 226 g/mol. The summed E-state index contributed by atoms with van der Waals surface area (Å²) in [5.41, 5.74) is 4.23. The van der Waals surface area contributed by atoms with Gasteiger partial charge < -0.3 is 9.47 Å². The highest BCUT2D eigenvalue weighted by molar-refractivity contribution is 5.12. The molecule has 1 heterocycles. The molecule has 92 valence electrons. The molecule has 1 fully saturated rings. The Kier molecular flexibility index (Phi) is 3.84. The molecule has 0 aromatic heterocycles. The van der Waals surface area contributed by atoms with Gasteiger partial charge in [0.15, 0.2) is 0 Å². The van der Waals surface area contributed by atoms with E-state index in [9.17, 15) is 0 Å². The van der Waals surface area contributed by atoms with E-state index >= 15 is 0 Å². The van der Waals surface area contributed by atoms with Crippen LogP contribution in [-0.2, 0) is 9.47 Å². The SMILES string of the molecule is COC1(CC(NN)C2=COCCC2)CCC1. The second kappa shape index (κ2) is 5.17. The number of hydrogen-bond acceptors (Lipinski definition) is 4. The number of nitrogens with two attached hydrogens (primary N) is 1. The van der Waals surface area contributed by atoms with E-state index in [2.05, 4.69) is 5.43 Å². The summed E-state index contributed by atoms with van der Waals surface area (Å²) in [6.07, 6.45) is 8.55. The molecule has 3 N–H and O–H groups in total. The van der Waals surface area contributed by atoms with Crippen molar-refractivity contribution < 1.29 is 9.47 Å². The molecule has 16 heavy (non-hydrogen) atoms. The van der Waals surface area contributed by atoms with Crippen molar-refractivity contribution in [3.63, 3.8) is 0 Å². The Morgan fingerprint density at radius 3 is 2.81 bits per heavy atom. The monoisotopic (exact) mass is 226 g/mol. The molecule has 0 amide bonds. The van der Waals surface area contributed by atoms with Gasteiger partial charge in [-0.3, -0.25) is 11.3 Å². The van der Waals surface area contributed by atoms with Crippen molar-refractivity contribution in [3.8, 4) is 0 Å². The van der Waals surface area contributed by atoms with E-state index in [0.29, 0.717) is 0 Å². The predicted molar refractivity (Wildman–Crippen MR) is 62.6 cm³/mol. The maximum atomic E-state index is 5.64. The van der Waals surface area contributed by atoms with Crippen LogP contribution in [0.2, 0.25) is 0 Å². The van der Waals surface area contributed by atoms with E-state index in [0.717, 1.165) is 38.7 Å². The highest BCUT2D eigenvalue weighted by atomic mass is 16.5. The largest absolute Gasteiger partial charge is 0.501 e. The number of hydrazine groups is 1. The summed E-state index contributed by atoms with van der Waals surface area (Å²) in [7, 11) is 1.80. The molecule has 0 aromatic carbocycles. The van der Waals surface area contributed by atoms with Crippen LogP contribution in [0.15, 0.2) is 11.8 Å². The zero-order valence-corrected chi connectivity index (χ0v) is 10.00. The van der Waals surface area contributed by atoms with Crippen LogP contribution in [0.25, 0.3) is 0 Å². The topological polar surface area (TPSA) is 56.5 Å². The highest BCUT2D eigenvalue weighted by Gasteiger charge is 2.39. The summed E-state index contributed by atoms with van der Waals surface area (Å²) < 4.78 is 11.0. The molecule has 0 saturated heterocycles. The third-order valence-electron chi connectivity index (χ3n) is 3.89. The van der Waals surface area contributed by atoms with Gasteiger partial charge >= 0.3 is 0 Å². The third kappa shape index (κ3) is 2.39. The van der Waals surface area contributed by atoms with E-state index in [1.165, 1.54) is 12.0 Å². The molecule has 1 saturated carbocycles. The quantitative estimate of drug-likeness (QED) is 0.550. The Labute approximate surface area is 97.1 Å². The van der Waals surface area contributed by atoms with Gasteiger partial charge in [0.1, 0.15) is 0 Å². The standard InChI is InChI=1S/C12H22N2O2/c1-15-12(5-3-6-12)8-11(14-13)10-4-2-7-16-9-10/h9,11,14H,2-8,13H2,1H3. The molecule has 0 aromatic rings. The van der Waals surface area contributed by atoms with Crippen LogP contribution >= 0.6 is 0 Å². The lowest BCUT2D eigenvalue weighted by molar-refractivity contribution is -0.0818. The van der Waals surface area contributed by atoms with E-state index in [1.54, 1.807) is 7.11 Å². The van der Waals surface area contributed by atoms with Gasteiger partial charge in [-0.25, -0.2) is 0 Å². The fraction of sp³-hybridized carbons (Fsp3) is 0.833. The van der Waals surface area contributed by atoms with Crippen LogP contribution in [-0.4, -0.2) is 25.4 Å². The second-order valence-corrected chi connectivity index (χ2v) is 4.83. The summed E-state index contributed by atoms with van der Waals surface area (Å²) in [5, 5.41) is 0. The Hall–Kier alpha value is -0.580. The van der Waals surface area contributed by atoms with Gasteiger partial charge in [-0.15, -0.1) is 0 Å². The lowest BCUT2D eigenvalue weighted by Gasteiger charge is -2.43. The van der Waals surface area contributed by atoms with Crippen LogP contribution in [0.1, 0.15) is 38.5 Å². The van der Waals surface area contributed by atoms with Crippen molar-refractivity contribution in [2.45, 2.75) is 50.2 Å².